The Morgan fingerprint density at radius 2 is 0.698 bits per heavy atom. The van der Waals surface area contributed by atoms with Crippen molar-refractivity contribution in [2.75, 3.05) is 13.2 Å². The van der Waals surface area contributed by atoms with Crippen molar-refractivity contribution < 1.29 is 47.7 Å². The van der Waals surface area contributed by atoms with Crippen LogP contribution in [-0.4, -0.2) is 55.5 Å². The smallest absolute Gasteiger partial charge is 0.462 e. The van der Waals surface area contributed by atoms with Crippen LogP contribution in [0.25, 0.3) is 0 Å². The third kappa shape index (κ3) is 37.5. The summed E-state index contributed by atoms with van der Waals surface area (Å²) in [6.07, 6.45) is 28.6. The molecule has 310 valence electrons. The van der Waals surface area contributed by atoms with Crippen LogP contribution in [0.15, 0.2) is 0 Å². The number of carbonyl (C=O) groups excluding carboxylic acids is 5. The maximum absolute atomic E-state index is 12.5. The lowest BCUT2D eigenvalue weighted by Crippen LogP contribution is -2.31. The number of esters is 4. The highest BCUT2D eigenvalue weighted by molar-refractivity contribution is 5.84. The standard InChI is InChI=1S/C43H78O10/c1-5-7-9-11-13-15-17-19-21-23-25-27-29-31-39(44)49-35-38(52-41(46)33-34-42(47)53-43(48)51-37(3)4)36-50-40(45)32-30-28-26-24-22-20-18-16-14-12-10-8-6-2/h37-38H,5-36H2,1-4H3. The molecule has 0 fully saturated rings. The van der Waals surface area contributed by atoms with Crippen molar-refractivity contribution in [2.45, 2.75) is 233 Å². The average Bonchev–Trinajstić information content (AvgIpc) is 3.12. The fourth-order valence-electron chi connectivity index (χ4n) is 6.02. The first kappa shape index (κ1) is 50.4. The van der Waals surface area contributed by atoms with E-state index in [9.17, 15) is 24.0 Å². The summed E-state index contributed by atoms with van der Waals surface area (Å²) in [5, 5.41) is 0. The number of hydrogen-bond donors (Lipinski definition) is 0. The van der Waals surface area contributed by atoms with Gasteiger partial charge in [-0.25, -0.2) is 4.79 Å². The second kappa shape index (κ2) is 37.7. The van der Waals surface area contributed by atoms with Crippen molar-refractivity contribution in [2.24, 2.45) is 0 Å². The second-order valence-electron chi connectivity index (χ2n) is 14.9. The summed E-state index contributed by atoms with van der Waals surface area (Å²) in [7, 11) is 0. The number of carbonyl (C=O) groups is 5. The molecule has 10 heteroatoms. The van der Waals surface area contributed by atoms with Crippen molar-refractivity contribution >= 4 is 30.0 Å². The van der Waals surface area contributed by atoms with E-state index in [0.717, 1.165) is 38.5 Å². The largest absolute Gasteiger partial charge is 0.516 e. The zero-order valence-corrected chi connectivity index (χ0v) is 34.4. The molecule has 0 heterocycles. The molecule has 0 N–H and O–H groups in total. The molecule has 0 unspecified atom stereocenters. The molecule has 0 saturated carbocycles. The Labute approximate surface area is 322 Å². The van der Waals surface area contributed by atoms with Gasteiger partial charge in [0.15, 0.2) is 6.10 Å². The highest BCUT2D eigenvalue weighted by atomic mass is 16.7. The minimum absolute atomic E-state index is 0.260. The topological polar surface area (TPSA) is 132 Å². The van der Waals surface area contributed by atoms with Crippen molar-refractivity contribution in [3.8, 4) is 0 Å². The number of hydrogen-bond acceptors (Lipinski definition) is 10. The van der Waals surface area contributed by atoms with E-state index < -0.39 is 48.7 Å². The second-order valence-corrected chi connectivity index (χ2v) is 14.9. The minimum Gasteiger partial charge on any atom is -0.462 e. The van der Waals surface area contributed by atoms with Gasteiger partial charge in [0.25, 0.3) is 0 Å². The first-order chi connectivity index (χ1) is 25.7. The molecule has 10 nitrogen and oxygen atoms in total. The molecular formula is C43H78O10. The molecule has 0 rings (SSSR count). The van der Waals surface area contributed by atoms with E-state index in [2.05, 4.69) is 18.6 Å². The summed E-state index contributed by atoms with van der Waals surface area (Å²) in [5.74, 6) is -2.51. The summed E-state index contributed by atoms with van der Waals surface area (Å²) in [4.78, 5) is 60.8. The molecule has 0 aliphatic rings. The van der Waals surface area contributed by atoms with Gasteiger partial charge in [-0.05, 0) is 26.7 Å². The Balaban J connectivity index is 4.42. The molecule has 0 radical (unpaired) electrons. The predicted molar refractivity (Wildman–Crippen MR) is 209 cm³/mol. The summed E-state index contributed by atoms with van der Waals surface area (Å²) in [6.45, 7) is 7.18. The molecule has 0 atom stereocenters. The zero-order chi connectivity index (χ0) is 39.2. The van der Waals surface area contributed by atoms with E-state index in [1.807, 2.05) is 0 Å². The summed E-state index contributed by atoms with van der Waals surface area (Å²) in [6, 6.07) is 0. The van der Waals surface area contributed by atoms with Gasteiger partial charge >= 0.3 is 30.0 Å². The van der Waals surface area contributed by atoms with E-state index in [4.69, 9.17) is 18.9 Å². The van der Waals surface area contributed by atoms with Gasteiger partial charge in [-0.15, -0.1) is 0 Å². The third-order valence-electron chi connectivity index (χ3n) is 9.19. The molecule has 0 bridgehead atoms. The summed E-state index contributed by atoms with van der Waals surface area (Å²) < 4.78 is 25.4. The van der Waals surface area contributed by atoms with Crippen molar-refractivity contribution in [3.05, 3.63) is 0 Å². The van der Waals surface area contributed by atoms with Gasteiger partial charge in [0.1, 0.15) is 13.2 Å². The maximum Gasteiger partial charge on any atom is 0.516 e. The van der Waals surface area contributed by atoms with Crippen LogP contribution in [0.3, 0.4) is 0 Å². The van der Waals surface area contributed by atoms with Gasteiger partial charge in [-0.1, -0.05) is 168 Å². The number of unbranched alkanes of at least 4 members (excludes halogenated alkanes) is 24. The predicted octanol–water partition coefficient (Wildman–Crippen LogP) is 11.8. The SMILES string of the molecule is CCCCCCCCCCCCCCCC(=O)OCC(COC(=O)CCCCCCCCCCCCCCC)OC(=O)CCC(=O)OC(=O)OC(C)C. The Morgan fingerprint density at radius 1 is 0.377 bits per heavy atom. The zero-order valence-electron chi connectivity index (χ0n) is 34.4. The van der Waals surface area contributed by atoms with Crippen LogP contribution < -0.4 is 0 Å². The molecule has 0 aromatic rings. The van der Waals surface area contributed by atoms with Crippen LogP contribution in [0.5, 0.6) is 0 Å². The van der Waals surface area contributed by atoms with Crippen molar-refractivity contribution in [3.63, 3.8) is 0 Å². The first-order valence-corrected chi connectivity index (χ1v) is 21.6. The molecule has 0 aromatic heterocycles. The lowest BCUT2D eigenvalue weighted by Gasteiger charge is -2.18. The molecule has 53 heavy (non-hydrogen) atoms. The van der Waals surface area contributed by atoms with E-state index in [-0.39, 0.29) is 32.5 Å². The maximum atomic E-state index is 12.5. The average molecular weight is 755 g/mol. The van der Waals surface area contributed by atoms with Gasteiger partial charge in [0.05, 0.1) is 18.9 Å². The molecule has 0 aliphatic heterocycles. The van der Waals surface area contributed by atoms with E-state index in [0.29, 0.717) is 0 Å². The number of rotatable bonds is 37. The molecule has 0 aliphatic carbocycles. The summed E-state index contributed by atoms with van der Waals surface area (Å²) in [5.41, 5.74) is 0. The van der Waals surface area contributed by atoms with Gasteiger partial charge in [0.2, 0.25) is 0 Å². The normalized spacial score (nSPS) is 11.1. The fourth-order valence-corrected chi connectivity index (χ4v) is 6.02. The van der Waals surface area contributed by atoms with E-state index in [1.54, 1.807) is 13.8 Å². The lowest BCUT2D eigenvalue weighted by atomic mass is 10.0. The third-order valence-corrected chi connectivity index (χ3v) is 9.19. The van der Waals surface area contributed by atoms with Crippen LogP contribution in [0.2, 0.25) is 0 Å². The van der Waals surface area contributed by atoms with Crippen LogP contribution in [0.1, 0.15) is 220 Å². The van der Waals surface area contributed by atoms with Crippen molar-refractivity contribution in [1.82, 2.24) is 0 Å². The minimum atomic E-state index is -1.14. The van der Waals surface area contributed by atoms with E-state index >= 15 is 0 Å². The lowest BCUT2D eigenvalue weighted by molar-refractivity contribution is -0.167. The highest BCUT2D eigenvalue weighted by Gasteiger charge is 2.21. The number of ether oxygens (including phenoxy) is 5. The van der Waals surface area contributed by atoms with Crippen molar-refractivity contribution in [1.29, 1.82) is 0 Å². The molecule has 0 saturated heterocycles. The molecule has 0 aromatic carbocycles. The molecule has 0 amide bonds. The van der Waals surface area contributed by atoms with Crippen LogP contribution in [0.4, 0.5) is 4.79 Å². The Hall–Kier alpha value is -2.65. The fraction of sp³-hybridized carbons (Fsp3) is 0.884. The Morgan fingerprint density at radius 3 is 1.04 bits per heavy atom. The van der Waals surface area contributed by atoms with Gasteiger partial charge < -0.3 is 23.7 Å². The Bertz CT molecular complexity index is 873. The highest BCUT2D eigenvalue weighted by Crippen LogP contribution is 2.15. The van der Waals surface area contributed by atoms with Crippen LogP contribution in [-0.2, 0) is 42.9 Å². The Kier molecular flexibility index (Phi) is 35.8. The van der Waals surface area contributed by atoms with Gasteiger partial charge in [-0.3, -0.25) is 19.2 Å². The molecular weight excluding hydrogens is 676 g/mol. The van der Waals surface area contributed by atoms with Crippen LogP contribution >= 0.6 is 0 Å². The van der Waals surface area contributed by atoms with Crippen LogP contribution in [0, 0.1) is 0 Å². The first-order valence-electron chi connectivity index (χ1n) is 21.6. The van der Waals surface area contributed by atoms with Gasteiger partial charge in [0, 0.05) is 12.8 Å². The summed E-state index contributed by atoms with van der Waals surface area (Å²) >= 11 is 0. The van der Waals surface area contributed by atoms with E-state index in [1.165, 1.54) is 128 Å². The van der Waals surface area contributed by atoms with Gasteiger partial charge in [-0.2, -0.15) is 0 Å². The monoisotopic (exact) mass is 755 g/mol. The quantitative estimate of drug-likeness (QED) is 0.0261. The molecule has 0 spiro atoms.